The van der Waals surface area contributed by atoms with Gasteiger partial charge in [-0.15, -0.1) is 0 Å². The van der Waals surface area contributed by atoms with Crippen molar-refractivity contribution in [1.82, 2.24) is 20.6 Å². The molecule has 2 aromatic carbocycles. The Morgan fingerprint density at radius 1 is 1.00 bits per heavy atom. The lowest BCUT2D eigenvalue weighted by molar-refractivity contribution is -0.128. The summed E-state index contributed by atoms with van der Waals surface area (Å²) in [4.78, 5) is 47.6. The second kappa shape index (κ2) is 13.5. The summed E-state index contributed by atoms with van der Waals surface area (Å²) in [6, 6.07) is 19.3. The Morgan fingerprint density at radius 3 is 2.47 bits per heavy atom. The largest absolute Gasteiger partial charge is 0.462 e. The number of pyridine rings is 1. The number of anilines is 1. The molecule has 1 saturated carbocycles. The van der Waals surface area contributed by atoms with E-state index in [4.69, 9.17) is 4.74 Å². The second-order valence-electron chi connectivity index (χ2n) is 11.3. The summed E-state index contributed by atoms with van der Waals surface area (Å²) < 4.78 is 5.04. The third-order valence-electron chi connectivity index (χ3n) is 8.18. The highest BCUT2D eigenvalue weighted by molar-refractivity contribution is 5.97. The number of aromatic nitrogens is 2. The summed E-state index contributed by atoms with van der Waals surface area (Å²) in [6.45, 7) is 3.78. The van der Waals surface area contributed by atoms with Crippen molar-refractivity contribution in [3.8, 4) is 0 Å². The van der Waals surface area contributed by atoms with Crippen LogP contribution in [0.15, 0.2) is 79.1 Å². The zero-order chi connectivity index (χ0) is 30.2. The van der Waals surface area contributed by atoms with Crippen LogP contribution in [-0.4, -0.2) is 40.0 Å². The number of esters is 1. The molecule has 2 aromatic heterocycles. The van der Waals surface area contributed by atoms with E-state index < -0.39 is 17.5 Å². The third-order valence-corrected chi connectivity index (χ3v) is 8.18. The molecule has 0 aliphatic heterocycles. The number of fused-ring (bicyclic) bond motifs is 1. The molecule has 2 unspecified atom stereocenters. The van der Waals surface area contributed by atoms with Gasteiger partial charge in [0.15, 0.2) is 0 Å². The molecule has 5 rings (SSSR count). The van der Waals surface area contributed by atoms with Gasteiger partial charge < -0.3 is 25.7 Å². The van der Waals surface area contributed by atoms with Crippen molar-refractivity contribution in [1.29, 1.82) is 0 Å². The number of carbonyl (C=O) groups excluding carboxylic acids is 3. The van der Waals surface area contributed by atoms with Crippen LogP contribution in [0.25, 0.3) is 10.9 Å². The van der Waals surface area contributed by atoms with Crippen molar-refractivity contribution >= 4 is 34.5 Å². The van der Waals surface area contributed by atoms with E-state index in [0.717, 1.165) is 47.8 Å². The lowest BCUT2D eigenvalue weighted by Crippen LogP contribution is -2.60. The summed E-state index contributed by atoms with van der Waals surface area (Å²) in [7, 11) is 0. The van der Waals surface area contributed by atoms with E-state index >= 15 is 0 Å². The Balaban J connectivity index is 1.40. The van der Waals surface area contributed by atoms with Gasteiger partial charge in [-0.1, -0.05) is 43.5 Å². The molecule has 3 amide bonds. The van der Waals surface area contributed by atoms with Gasteiger partial charge in [0.05, 0.1) is 23.9 Å². The van der Waals surface area contributed by atoms with Crippen molar-refractivity contribution in [2.45, 2.75) is 64.0 Å². The van der Waals surface area contributed by atoms with Crippen LogP contribution in [0.4, 0.5) is 10.5 Å². The van der Waals surface area contributed by atoms with Gasteiger partial charge in [-0.2, -0.15) is 0 Å². The maximum Gasteiger partial charge on any atom is 0.338 e. The number of hydrogen-bond donors (Lipinski definition) is 4. The number of hydrogen-bond acceptors (Lipinski definition) is 5. The Kier molecular flexibility index (Phi) is 9.39. The minimum absolute atomic E-state index is 0.261. The summed E-state index contributed by atoms with van der Waals surface area (Å²) >= 11 is 0. The number of H-pyrrole nitrogens is 1. The number of carbonyl (C=O) groups is 3. The molecular formula is C34H39N5O4. The average Bonchev–Trinajstić information content (AvgIpc) is 3.43. The fourth-order valence-electron chi connectivity index (χ4n) is 5.92. The molecule has 4 N–H and O–H groups in total. The molecule has 43 heavy (non-hydrogen) atoms. The van der Waals surface area contributed by atoms with E-state index in [1.807, 2.05) is 48.7 Å². The summed E-state index contributed by atoms with van der Waals surface area (Å²) in [6.07, 6.45) is 9.35. The molecule has 2 heterocycles. The fourth-order valence-corrected chi connectivity index (χ4v) is 5.92. The monoisotopic (exact) mass is 581 g/mol. The number of ether oxygens (including phenoxy) is 1. The van der Waals surface area contributed by atoms with E-state index in [9.17, 15) is 14.4 Å². The van der Waals surface area contributed by atoms with E-state index in [1.54, 1.807) is 44.3 Å². The minimum atomic E-state index is -1.30. The average molecular weight is 582 g/mol. The Morgan fingerprint density at radius 2 is 1.74 bits per heavy atom. The van der Waals surface area contributed by atoms with Crippen LogP contribution in [0.2, 0.25) is 0 Å². The number of aromatic amines is 1. The van der Waals surface area contributed by atoms with Crippen molar-refractivity contribution in [3.05, 3.63) is 95.9 Å². The maximum atomic E-state index is 14.3. The van der Waals surface area contributed by atoms with E-state index in [1.165, 1.54) is 6.42 Å². The van der Waals surface area contributed by atoms with Gasteiger partial charge in [-0.3, -0.25) is 9.78 Å². The van der Waals surface area contributed by atoms with Gasteiger partial charge in [0.2, 0.25) is 5.91 Å². The van der Waals surface area contributed by atoms with E-state index in [2.05, 4.69) is 25.9 Å². The molecule has 0 radical (unpaired) electrons. The quantitative estimate of drug-likeness (QED) is 0.164. The van der Waals surface area contributed by atoms with Gasteiger partial charge >= 0.3 is 12.0 Å². The van der Waals surface area contributed by atoms with Crippen molar-refractivity contribution < 1.29 is 19.1 Å². The number of urea groups is 1. The van der Waals surface area contributed by atoms with Gasteiger partial charge in [-0.25, -0.2) is 9.59 Å². The first-order valence-corrected chi connectivity index (χ1v) is 15.0. The first kappa shape index (κ1) is 29.8. The summed E-state index contributed by atoms with van der Waals surface area (Å²) in [5.74, 6) is -0.453. The first-order valence-electron chi connectivity index (χ1n) is 15.0. The fraction of sp³-hybridized carbons (Fsp3) is 0.353. The number of nitrogens with zero attached hydrogens (tertiary/aromatic N) is 1. The molecule has 4 aromatic rings. The predicted molar refractivity (Wildman–Crippen MR) is 167 cm³/mol. The van der Waals surface area contributed by atoms with Gasteiger partial charge in [0.1, 0.15) is 5.54 Å². The third kappa shape index (κ3) is 7.23. The molecule has 9 heteroatoms. The standard InChI is InChI=1S/C34H39N5O4/c1-3-43-31(40)24-16-18-26(19-17-24)37-33(42)39-34(2,21-25-22-36-28-14-8-7-13-27(25)28)32(41)38-30(23-11-5-4-6-12-23)29-15-9-10-20-35-29/h7-10,13-20,22-23,30,36H,3-6,11-12,21H2,1-2H3,(H,38,41)(H2,37,39,42). The zero-order valence-corrected chi connectivity index (χ0v) is 24.7. The Bertz CT molecular complexity index is 1550. The topological polar surface area (TPSA) is 125 Å². The lowest BCUT2D eigenvalue weighted by atomic mass is 9.81. The zero-order valence-electron chi connectivity index (χ0n) is 24.7. The molecule has 0 spiro atoms. The minimum Gasteiger partial charge on any atom is -0.462 e. The number of amides is 3. The number of benzene rings is 2. The molecule has 1 aliphatic rings. The molecule has 1 aliphatic carbocycles. The molecule has 224 valence electrons. The Labute approximate surface area is 251 Å². The smallest absolute Gasteiger partial charge is 0.338 e. The molecule has 9 nitrogen and oxygen atoms in total. The van der Waals surface area contributed by atoms with Crippen molar-refractivity contribution in [2.24, 2.45) is 5.92 Å². The molecule has 2 atom stereocenters. The number of rotatable bonds is 10. The van der Waals surface area contributed by atoms with Crippen LogP contribution < -0.4 is 16.0 Å². The predicted octanol–water partition coefficient (Wildman–Crippen LogP) is 6.30. The second-order valence-corrected chi connectivity index (χ2v) is 11.3. The Hall–Kier alpha value is -4.66. The summed E-state index contributed by atoms with van der Waals surface area (Å²) in [5.41, 5.74) is 2.26. The van der Waals surface area contributed by atoms with Crippen LogP contribution in [0.5, 0.6) is 0 Å². The summed E-state index contributed by atoms with van der Waals surface area (Å²) in [5, 5.41) is 10.1. The van der Waals surface area contributed by atoms with Gasteiger partial charge in [0, 0.05) is 35.4 Å². The highest BCUT2D eigenvalue weighted by Gasteiger charge is 2.39. The van der Waals surface area contributed by atoms with Crippen molar-refractivity contribution in [2.75, 3.05) is 11.9 Å². The first-order chi connectivity index (χ1) is 20.9. The normalized spacial score (nSPS) is 15.7. The maximum absolute atomic E-state index is 14.3. The van der Waals surface area contributed by atoms with Crippen LogP contribution in [-0.2, 0) is 16.0 Å². The molecule has 0 bridgehead atoms. The van der Waals surface area contributed by atoms with E-state index in [0.29, 0.717) is 11.3 Å². The van der Waals surface area contributed by atoms with E-state index in [-0.39, 0.29) is 30.9 Å². The molecule has 1 fully saturated rings. The molecule has 0 saturated heterocycles. The van der Waals surface area contributed by atoms with Gasteiger partial charge in [-0.05, 0) is 80.6 Å². The highest BCUT2D eigenvalue weighted by Crippen LogP contribution is 2.34. The van der Waals surface area contributed by atoms with Gasteiger partial charge in [0.25, 0.3) is 0 Å². The van der Waals surface area contributed by atoms with Crippen molar-refractivity contribution in [3.63, 3.8) is 0 Å². The number of para-hydroxylation sites is 1. The van der Waals surface area contributed by atoms with Crippen LogP contribution in [0.1, 0.15) is 73.6 Å². The van der Waals surface area contributed by atoms with Crippen LogP contribution >= 0.6 is 0 Å². The molecular weight excluding hydrogens is 542 g/mol. The van der Waals surface area contributed by atoms with Crippen LogP contribution in [0.3, 0.4) is 0 Å². The lowest BCUT2D eigenvalue weighted by Gasteiger charge is -2.35. The SMILES string of the molecule is CCOC(=O)c1ccc(NC(=O)NC(C)(Cc2c[nH]c3ccccc23)C(=O)NC(c2ccccn2)C2CCCCC2)cc1. The van der Waals surface area contributed by atoms with Crippen LogP contribution in [0, 0.1) is 5.92 Å². The number of nitrogens with one attached hydrogen (secondary N) is 4. The highest BCUT2D eigenvalue weighted by atomic mass is 16.5.